The maximum absolute atomic E-state index is 13.1. The van der Waals surface area contributed by atoms with Crippen molar-refractivity contribution >= 4 is 76.4 Å². The molecule has 4 heterocycles. The van der Waals surface area contributed by atoms with Crippen molar-refractivity contribution in [3.63, 3.8) is 0 Å². The Morgan fingerprint density at radius 1 is 1.49 bits per heavy atom. The average Bonchev–Trinajstić information content (AvgIpc) is 3.57. The molecule has 3 aliphatic rings. The Bertz CT molecular complexity index is 1310. The summed E-state index contributed by atoms with van der Waals surface area (Å²) in [6.45, 7) is 3.83. The topological polar surface area (TPSA) is 181 Å². The summed E-state index contributed by atoms with van der Waals surface area (Å²) in [7, 11) is 0. The monoisotopic (exact) mass is 591 g/mol. The van der Waals surface area contributed by atoms with Gasteiger partial charge in [-0.05, 0) is 17.5 Å². The average molecular weight is 592 g/mol. The largest absolute Gasteiger partial charge is 0.477 e. The lowest BCUT2D eigenvalue weighted by Crippen LogP contribution is -2.71. The number of carbonyl (C=O) groups excluding carboxylic acids is 3. The van der Waals surface area contributed by atoms with Crippen LogP contribution in [0.15, 0.2) is 39.6 Å². The van der Waals surface area contributed by atoms with Crippen LogP contribution in [-0.4, -0.2) is 96.8 Å². The van der Waals surface area contributed by atoms with Crippen molar-refractivity contribution in [2.75, 3.05) is 30.0 Å². The lowest BCUT2D eigenvalue weighted by Gasteiger charge is -2.49. The van der Waals surface area contributed by atoms with E-state index in [4.69, 9.17) is 11.3 Å². The van der Waals surface area contributed by atoms with Gasteiger partial charge in [0.25, 0.3) is 11.8 Å². The van der Waals surface area contributed by atoms with Crippen molar-refractivity contribution in [1.82, 2.24) is 30.3 Å². The number of anilines is 1. The highest BCUT2D eigenvalue weighted by molar-refractivity contribution is 8.00. The Morgan fingerprint density at radius 3 is 3.03 bits per heavy atom. The van der Waals surface area contributed by atoms with E-state index in [-0.39, 0.29) is 34.6 Å². The first-order valence-corrected chi connectivity index (χ1v) is 13.9. The molecule has 0 aliphatic carbocycles. The highest BCUT2D eigenvalue weighted by Gasteiger charge is 2.54. The molecule has 1 saturated heterocycles. The van der Waals surface area contributed by atoms with Gasteiger partial charge in [-0.15, -0.1) is 44.7 Å². The summed E-state index contributed by atoms with van der Waals surface area (Å²) >= 11 is 3.59. The second kappa shape index (κ2) is 12.7. The predicted octanol–water partition coefficient (Wildman–Crippen LogP) is -0.381. The van der Waals surface area contributed by atoms with E-state index in [1.165, 1.54) is 50.9 Å². The number of nitrogens with zero attached hydrogens (tertiary/aromatic N) is 6. The van der Waals surface area contributed by atoms with Gasteiger partial charge in [0.2, 0.25) is 6.41 Å². The maximum Gasteiger partial charge on any atom is 0.352 e. The zero-order valence-corrected chi connectivity index (χ0v) is 22.4. The van der Waals surface area contributed by atoms with Crippen LogP contribution >= 0.6 is 35.0 Å². The van der Waals surface area contributed by atoms with Gasteiger partial charge in [0, 0.05) is 16.9 Å². The lowest BCUT2D eigenvalue weighted by molar-refractivity contribution is -0.150. The predicted molar refractivity (Wildman–Crippen MR) is 146 cm³/mol. The highest BCUT2D eigenvalue weighted by Crippen LogP contribution is 2.41. The van der Waals surface area contributed by atoms with Crippen LogP contribution < -0.4 is 16.2 Å². The minimum absolute atomic E-state index is 0.0166. The van der Waals surface area contributed by atoms with Crippen LogP contribution in [0.4, 0.5) is 5.13 Å². The molecular weight excluding hydrogens is 570 g/mol. The van der Waals surface area contributed by atoms with Gasteiger partial charge < -0.3 is 20.6 Å². The fourth-order valence-corrected chi connectivity index (χ4v) is 6.43. The van der Waals surface area contributed by atoms with Crippen molar-refractivity contribution in [2.24, 2.45) is 10.3 Å². The number of hydrogen-bond acceptors (Lipinski definition) is 14. The Balaban J connectivity index is 1.44. The van der Waals surface area contributed by atoms with Gasteiger partial charge in [-0.1, -0.05) is 23.7 Å². The number of carboxylic acid groups (broad SMARTS) is 1. The molecule has 39 heavy (non-hydrogen) atoms. The van der Waals surface area contributed by atoms with Crippen molar-refractivity contribution in [2.45, 2.75) is 11.4 Å². The number of thiazole rings is 1. The third kappa shape index (κ3) is 6.17. The molecule has 1 unspecified atom stereocenters. The van der Waals surface area contributed by atoms with Crippen LogP contribution in [0.1, 0.15) is 5.69 Å². The van der Waals surface area contributed by atoms with Gasteiger partial charge in [-0.25, -0.2) is 9.78 Å². The molecular formula is C21H21N9O6S3. The van der Waals surface area contributed by atoms with E-state index < -0.39 is 29.2 Å². The Labute approximate surface area is 234 Å². The number of rotatable bonds is 13. The zero-order chi connectivity index (χ0) is 27.9. The number of β-lactam (4-membered cyclic amide) rings is 1. The third-order valence-electron chi connectivity index (χ3n) is 5.16. The van der Waals surface area contributed by atoms with E-state index >= 15 is 0 Å². The van der Waals surface area contributed by atoms with E-state index in [1.807, 2.05) is 0 Å². The van der Waals surface area contributed by atoms with Crippen LogP contribution in [0.2, 0.25) is 0 Å². The Kier molecular flexibility index (Phi) is 9.08. The summed E-state index contributed by atoms with van der Waals surface area (Å²) in [6, 6.07) is -0.996. The number of carboxylic acids is 1. The van der Waals surface area contributed by atoms with E-state index in [9.17, 15) is 24.3 Å². The van der Waals surface area contributed by atoms with Crippen LogP contribution in [-0.2, 0) is 24.0 Å². The molecule has 4 rings (SSSR count). The SMILES string of the molecule is C#CCN1C=NN(SCC2=C(C(=O)O)N3C(=O)C(NC(=O)C(=NOCC=C)c4csc(NC=O)n4)[C@@H]3SC2)N1. The second-order valence-corrected chi connectivity index (χ2v) is 10.5. The van der Waals surface area contributed by atoms with Crippen molar-refractivity contribution in [3.05, 3.63) is 35.0 Å². The number of carbonyl (C=O) groups is 4. The molecule has 0 spiro atoms. The minimum Gasteiger partial charge on any atom is -0.477 e. The standard InChI is InChI=1S/C21H21N9O6S3/c1-3-5-28-10-23-30(27-28)39-8-12-7-37-19-15(18(33)29(19)16(12)20(34)35)25-17(32)14(26-36-6-4-2)13-9-38-21(24-13)22-11-31/h1,4,9-11,15,19,27H,2,5-8H2,(H,25,32)(H,34,35)(H,22,24,31)/t15?,19-/m0/s1. The Morgan fingerprint density at radius 2 is 2.31 bits per heavy atom. The maximum atomic E-state index is 13.1. The summed E-state index contributed by atoms with van der Waals surface area (Å²) < 4.78 is 1.44. The van der Waals surface area contributed by atoms with Crippen molar-refractivity contribution < 1.29 is 29.1 Å². The van der Waals surface area contributed by atoms with E-state index in [2.05, 4.69) is 43.9 Å². The fourth-order valence-electron chi connectivity index (χ4n) is 3.51. The second-order valence-electron chi connectivity index (χ2n) is 7.65. The molecule has 0 aromatic carbocycles. The number of oxime groups is 1. The first-order valence-electron chi connectivity index (χ1n) is 11.0. The molecule has 204 valence electrons. The quantitative estimate of drug-likeness (QED) is 0.0342. The number of terminal acetylenes is 1. The molecule has 0 radical (unpaired) electrons. The smallest absolute Gasteiger partial charge is 0.352 e. The van der Waals surface area contributed by atoms with Gasteiger partial charge >= 0.3 is 5.97 Å². The van der Waals surface area contributed by atoms with E-state index in [1.54, 1.807) is 5.01 Å². The molecule has 1 aromatic rings. The fraction of sp³-hybridized carbons (Fsp3) is 0.286. The number of amides is 3. The molecule has 3 amide bonds. The zero-order valence-electron chi connectivity index (χ0n) is 20.0. The summed E-state index contributed by atoms with van der Waals surface area (Å²) in [5, 5.41) is 25.5. The molecule has 18 heteroatoms. The van der Waals surface area contributed by atoms with Crippen LogP contribution in [0.3, 0.4) is 0 Å². The first-order chi connectivity index (χ1) is 18.9. The van der Waals surface area contributed by atoms with Crippen LogP contribution in [0.5, 0.6) is 0 Å². The van der Waals surface area contributed by atoms with Gasteiger partial charge in [-0.2, -0.15) is 0 Å². The number of hydrazone groups is 1. The third-order valence-corrected chi connectivity index (χ3v) is 8.17. The van der Waals surface area contributed by atoms with Gasteiger partial charge in [0.1, 0.15) is 35.8 Å². The summed E-state index contributed by atoms with van der Waals surface area (Å²) in [5.74, 6) is 0.448. The van der Waals surface area contributed by atoms with Crippen LogP contribution in [0, 0.1) is 12.3 Å². The van der Waals surface area contributed by atoms with E-state index in [0.29, 0.717) is 24.3 Å². The number of thioether (sulfide) groups is 1. The van der Waals surface area contributed by atoms with Crippen molar-refractivity contribution in [3.8, 4) is 12.3 Å². The van der Waals surface area contributed by atoms with E-state index in [0.717, 1.165) is 11.3 Å². The summed E-state index contributed by atoms with van der Waals surface area (Å²) in [6.07, 6.45) is 8.66. The summed E-state index contributed by atoms with van der Waals surface area (Å²) in [4.78, 5) is 59.4. The Hall–Kier alpha value is -4.05. The van der Waals surface area contributed by atoms with Crippen molar-refractivity contribution in [1.29, 1.82) is 0 Å². The molecule has 1 aromatic heterocycles. The molecule has 1 fully saturated rings. The van der Waals surface area contributed by atoms with Crippen LogP contribution in [0.25, 0.3) is 0 Å². The van der Waals surface area contributed by atoms with Gasteiger partial charge in [-0.3, -0.25) is 24.3 Å². The molecule has 2 atom stereocenters. The highest BCUT2D eigenvalue weighted by atomic mass is 32.2. The first kappa shape index (κ1) is 28.0. The number of fused-ring (bicyclic) bond motifs is 1. The lowest BCUT2D eigenvalue weighted by atomic mass is 10.0. The van der Waals surface area contributed by atoms with Gasteiger partial charge in [0.15, 0.2) is 10.8 Å². The molecule has 0 saturated carbocycles. The molecule has 0 bridgehead atoms. The molecule has 4 N–H and O–H groups in total. The number of nitrogens with one attached hydrogen (secondary N) is 3. The van der Waals surface area contributed by atoms with Gasteiger partial charge in [0.05, 0.1) is 6.54 Å². The number of aliphatic carboxylic acids is 1. The number of aromatic nitrogens is 1. The summed E-state index contributed by atoms with van der Waals surface area (Å²) in [5.41, 5.74) is 3.20. The molecule has 3 aliphatic heterocycles. The molecule has 15 nitrogen and oxygen atoms in total. The number of hydrogen-bond donors (Lipinski definition) is 4. The minimum atomic E-state index is -1.25. The number of hydrazine groups is 2. The normalized spacial score (nSPS) is 20.2.